The number of halogens is 4. The van der Waals surface area contributed by atoms with Crippen molar-refractivity contribution in [3.05, 3.63) is 45.3 Å². The predicted octanol–water partition coefficient (Wildman–Crippen LogP) is 3.20. The minimum atomic E-state index is -4.63. The van der Waals surface area contributed by atoms with E-state index in [1.165, 1.54) is 19.4 Å². The number of methoxy groups -OCH3 is 1. The zero-order valence-electron chi connectivity index (χ0n) is 10.5. The van der Waals surface area contributed by atoms with E-state index in [1.54, 1.807) is 0 Å². The van der Waals surface area contributed by atoms with Gasteiger partial charge in [0.2, 0.25) is 5.75 Å². The molecule has 21 heavy (non-hydrogen) atoms. The maximum atomic E-state index is 12.8. The highest BCUT2D eigenvalue weighted by molar-refractivity contribution is 7.80. The van der Waals surface area contributed by atoms with E-state index in [1.807, 2.05) is 0 Å². The third kappa shape index (κ3) is 3.01. The lowest BCUT2D eigenvalue weighted by atomic mass is 10.2. The van der Waals surface area contributed by atoms with E-state index in [0.29, 0.717) is 0 Å². The molecule has 0 aliphatic carbocycles. The minimum Gasteiger partial charge on any atom is -0.490 e. The molecule has 1 aromatic heterocycles. The van der Waals surface area contributed by atoms with Crippen LogP contribution in [0.3, 0.4) is 0 Å². The van der Waals surface area contributed by atoms with Crippen LogP contribution in [0, 0.1) is 0 Å². The van der Waals surface area contributed by atoms with Crippen molar-refractivity contribution in [3.63, 3.8) is 0 Å². The average Bonchev–Trinajstić information content (AvgIpc) is 2.39. The lowest BCUT2D eigenvalue weighted by Crippen LogP contribution is -2.23. The molecule has 0 fully saturated rings. The molecule has 1 heterocycles. The Morgan fingerprint density at radius 3 is 2.62 bits per heavy atom. The summed E-state index contributed by atoms with van der Waals surface area (Å²) in [5.74, 6) is -0.114. The monoisotopic (exact) mass is 336 g/mol. The van der Waals surface area contributed by atoms with Crippen LogP contribution < -0.4 is 10.3 Å². The molecule has 0 bridgehead atoms. The van der Waals surface area contributed by atoms with E-state index in [-0.39, 0.29) is 16.3 Å². The van der Waals surface area contributed by atoms with Crippen molar-refractivity contribution in [2.75, 3.05) is 7.11 Å². The Morgan fingerprint density at radius 1 is 1.38 bits per heavy atom. The Morgan fingerprint density at radius 2 is 2.05 bits per heavy atom. The quantitative estimate of drug-likeness (QED) is 0.857. The van der Waals surface area contributed by atoms with Gasteiger partial charge >= 0.3 is 11.7 Å². The van der Waals surface area contributed by atoms with Gasteiger partial charge in [-0.15, -0.1) is 12.6 Å². The first-order valence-electron chi connectivity index (χ1n) is 5.48. The molecule has 1 aromatic carbocycles. The third-order valence-electron chi connectivity index (χ3n) is 2.62. The topological polar surface area (TPSA) is 44.1 Å². The molecule has 0 atom stereocenters. The van der Waals surface area contributed by atoms with E-state index in [4.69, 9.17) is 16.3 Å². The molecule has 0 aliphatic heterocycles. The molecule has 112 valence electrons. The Kier molecular flexibility index (Phi) is 4.20. The van der Waals surface area contributed by atoms with Crippen molar-refractivity contribution >= 4 is 24.2 Å². The van der Waals surface area contributed by atoms with Crippen molar-refractivity contribution in [1.29, 1.82) is 0 Å². The first-order valence-corrected chi connectivity index (χ1v) is 6.30. The van der Waals surface area contributed by atoms with Gasteiger partial charge in [0.25, 0.3) is 0 Å². The van der Waals surface area contributed by atoms with Gasteiger partial charge in [0.05, 0.1) is 34.5 Å². The molecule has 0 unspecified atom stereocenters. The van der Waals surface area contributed by atoms with Crippen LogP contribution >= 0.6 is 24.2 Å². The number of hydrogen-bond donors (Lipinski definition) is 1. The predicted molar refractivity (Wildman–Crippen MR) is 73.7 cm³/mol. The summed E-state index contributed by atoms with van der Waals surface area (Å²) in [7, 11) is 1.25. The molecule has 0 spiro atoms. The zero-order chi connectivity index (χ0) is 15.8. The molecule has 0 N–H and O–H groups in total. The molecule has 0 amide bonds. The van der Waals surface area contributed by atoms with E-state index < -0.39 is 22.3 Å². The molecule has 0 saturated carbocycles. The lowest BCUT2D eigenvalue weighted by molar-refractivity contribution is -0.137. The van der Waals surface area contributed by atoms with Gasteiger partial charge in [-0.05, 0) is 18.2 Å². The van der Waals surface area contributed by atoms with Crippen LogP contribution in [-0.4, -0.2) is 16.9 Å². The average molecular weight is 337 g/mol. The highest BCUT2D eigenvalue weighted by atomic mass is 35.5. The van der Waals surface area contributed by atoms with Crippen LogP contribution in [0.15, 0.2) is 34.1 Å². The number of ether oxygens (including phenoxy) is 1. The Balaban J connectivity index is 2.67. The third-order valence-corrected chi connectivity index (χ3v) is 3.27. The fourth-order valence-electron chi connectivity index (χ4n) is 1.67. The summed E-state index contributed by atoms with van der Waals surface area (Å²) in [5, 5.41) is 3.29. The van der Waals surface area contributed by atoms with E-state index in [2.05, 4.69) is 17.7 Å². The molecule has 2 aromatic rings. The summed E-state index contributed by atoms with van der Waals surface area (Å²) in [6.07, 6.45) is -3.44. The second-order valence-corrected chi connectivity index (χ2v) is 4.83. The molecule has 0 aliphatic rings. The number of alkyl halides is 3. The summed E-state index contributed by atoms with van der Waals surface area (Å²) in [4.78, 5) is 12.3. The number of aromatic nitrogens is 2. The van der Waals surface area contributed by atoms with E-state index in [0.717, 1.165) is 16.8 Å². The second-order valence-electron chi connectivity index (χ2n) is 3.94. The number of nitrogens with zero attached hydrogens (tertiary/aromatic N) is 2. The van der Waals surface area contributed by atoms with Crippen molar-refractivity contribution in [3.8, 4) is 11.4 Å². The van der Waals surface area contributed by atoms with Crippen LogP contribution in [-0.2, 0) is 6.18 Å². The molecule has 0 radical (unpaired) electrons. The Hall–Kier alpha value is -1.67. The lowest BCUT2D eigenvalue weighted by Gasteiger charge is -2.12. The van der Waals surface area contributed by atoms with Crippen LogP contribution in [0.1, 0.15) is 5.56 Å². The molecule has 4 nitrogen and oxygen atoms in total. The SMILES string of the molecule is COc1c(S)cnn(-c2ccc(Cl)c(C(F)(F)F)c2)c1=O. The van der Waals surface area contributed by atoms with Crippen LogP contribution in [0.4, 0.5) is 13.2 Å². The summed E-state index contributed by atoms with van der Waals surface area (Å²) in [6.45, 7) is 0. The standard InChI is InChI=1S/C12H8ClF3N2O2S/c1-20-10-9(21)5-17-18(11(10)19)6-2-3-8(13)7(4-6)12(14,15)16/h2-5,21H,1H3. The van der Waals surface area contributed by atoms with Gasteiger partial charge in [-0.3, -0.25) is 4.79 Å². The summed E-state index contributed by atoms with van der Waals surface area (Å²) in [5.41, 5.74) is -1.85. The van der Waals surface area contributed by atoms with Gasteiger partial charge in [0, 0.05) is 0 Å². The van der Waals surface area contributed by atoms with Crippen molar-refractivity contribution in [2.24, 2.45) is 0 Å². The molecular formula is C12H8ClF3N2O2S. The molecular weight excluding hydrogens is 329 g/mol. The van der Waals surface area contributed by atoms with Gasteiger partial charge in [-0.1, -0.05) is 11.6 Å². The first-order chi connectivity index (χ1) is 9.75. The fourth-order valence-corrected chi connectivity index (χ4v) is 2.13. The van der Waals surface area contributed by atoms with Gasteiger partial charge < -0.3 is 4.74 Å². The fraction of sp³-hybridized carbons (Fsp3) is 0.167. The summed E-state index contributed by atoms with van der Waals surface area (Å²) >= 11 is 9.52. The minimum absolute atomic E-state index is 0.0802. The highest BCUT2D eigenvalue weighted by Crippen LogP contribution is 2.35. The molecule has 2 rings (SSSR count). The normalized spacial score (nSPS) is 11.5. The van der Waals surface area contributed by atoms with Gasteiger partial charge in [0.15, 0.2) is 0 Å². The van der Waals surface area contributed by atoms with Crippen molar-refractivity contribution in [2.45, 2.75) is 11.1 Å². The van der Waals surface area contributed by atoms with Gasteiger partial charge in [-0.2, -0.15) is 23.0 Å². The van der Waals surface area contributed by atoms with Crippen LogP contribution in [0.5, 0.6) is 5.75 Å². The van der Waals surface area contributed by atoms with Crippen molar-refractivity contribution < 1.29 is 17.9 Å². The second kappa shape index (κ2) is 5.61. The highest BCUT2D eigenvalue weighted by Gasteiger charge is 2.33. The zero-order valence-corrected chi connectivity index (χ0v) is 12.1. The van der Waals surface area contributed by atoms with E-state index >= 15 is 0 Å². The van der Waals surface area contributed by atoms with Gasteiger partial charge in [-0.25, -0.2) is 0 Å². The summed E-state index contributed by atoms with van der Waals surface area (Å²) < 4.78 is 44.1. The maximum absolute atomic E-state index is 12.8. The number of benzene rings is 1. The maximum Gasteiger partial charge on any atom is 0.417 e. The smallest absolute Gasteiger partial charge is 0.417 e. The Bertz CT molecular complexity index is 746. The molecule has 0 saturated heterocycles. The van der Waals surface area contributed by atoms with Crippen LogP contribution in [0.2, 0.25) is 5.02 Å². The number of thiol groups is 1. The summed E-state index contributed by atoms with van der Waals surface area (Å²) in [6, 6.07) is 3.05. The Labute approximate surface area is 127 Å². The largest absolute Gasteiger partial charge is 0.490 e. The number of rotatable bonds is 2. The molecule has 9 heteroatoms. The first kappa shape index (κ1) is 15.7. The van der Waals surface area contributed by atoms with Crippen molar-refractivity contribution in [1.82, 2.24) is 9.78 Å². The van der Waals surface area contributed by atoms with E-state index in [9.17, 15) is 18.0 Å². The van der Waals surface area contributed by atoms with Crippen LogP contribution in [0.25, 0.3) is 5.69 Å². The number of hydrogen-bond acceptors (Lipinski definition) is 4. The van der Waals surface area contributed by atoms with Gasteiger partial charge in [0.1, 0.15) is 0 Å².